The molecule has 0 saturated heterocycles. The smallest absolute Gasteiger partial charge is 0.0485 e. The molecule has 1 unspecified atom stereocenters. The summed E-state index contributed by atoms with van der Waals surface area (Å²) >= 11 is 0. The summed E-state index contributed by atoms with van der Waals surface area (Å²) in [7, 11) is 0. The number of aryl methyl sites for hydroxylation is 2. The summed E-state index contributed by atoms with van der Waals surface area (Å²) in [6, 6.07) is 17.7. The monoisotopic (exact) mass is 237 g/mol. The first-order valence-electron chi connectivity index (χ1n) is 6.76. The molecule has 0 fully saturated rings. The van der Waals surface area contributed by atoms with Gasteiger partial charge in [-0.05, 0) is 55.0 Å². The van der Waals surface area contributed by atoms with Crippen LogP contribution in [0.4, 0.5) is 5.69 Å². The zero-order valence-corrected chi connectivity index (χ0v) is 10.8. The Balaban J connectivity index is 1.78. The largest absolute Gasteiger partial charge is 0.379 e. The van der Waals surface area contributed by atoms with E-state index < -0.39 is 0 Å². The fourth-order valence-electron chi connectivity index (χ4n) is 2.73. The van der Waals surface area contributed by atoms with Crippen molar-refractivity contribution in [3.63, 3.8) is 0 Å². The SMILES string of the molecule is CC(Nc1ccccc1)c1ccc2c(c1)CCC2. The molecule has 0 heterocycles. The van der Waals surface area contributed by atoms with Gasteiger partial charge in [-0.25, -0.2) is 0 Å². The number of para-hydroxylation sites is 1. The van der Waals surface area contributed by atoms with E-state index in [2.05, 4.69) is 54.7 Å². The fraction of sp³-hybridized carbons (Fsp3) is 0.294. The number of hydrogen-bond acceptors (Lipinski definition) is 1. The molecule has 92 valence electrons. The van der Waals surface area contributed by atoms with E-state index in [9.17, 15) is 0 Å². The van der Waals surface area contributed by atoms with Crippen molar-refractivity contribution < 1.29 is 0 Å². The molecule has 0 spiro atoms. The molecule has 1 aliphatic rings. The molecule has 3 rings (SSSR count). The summed E-state index contributed by atoms with van der Waals surface area (Å²) in [5.74, 6) is 0. The van der Waals surface area contributed by atoms with Gasteiger partial charge in [0.15, 0.2) is 0 Å². The Kier molecular flexibility index (Phi) is 3.06. The van der Waals surface area contributed by atoms with E-state index in [0.29, 0.717) is 6.04 Å². The lowest BCUT2D eigenvalue weighted by atomic mass is 10.0. The maximum atomic E-state index is 3.55. The van der Waals surface area contributed by atoms with Gasteiger partial charge in [-0.1, -0.05) is 36.4 Å². The summed E-state index contributed by atoms with van der Waals surface area (Å²) in [4.78, 5) is 0. The number of hydrogen-bond donors (Lipinski definition) is 1. The average molecular weight is 237 g/mol. The van der Waals surface area contributed by atoms with Crippen LogP contribution in [-0.4, -0.2) is 0 Å². The molecular weight excluding hydrogens is 218 g/mol. The lowest BCUT2D eigenvalue weighted by Crippen LogP contribution is -2.06. The lowest BCUT2D eigenvalue weighted by Gasteiger charge is -2.16. The van der Waals surface area contributed by atoms with Crippen molar-refractivity contribution in [3.05, 3.63) is 65.2 Å². The zero-order chi connectivity index (χ0) is 12.4. The molecule has 1 atom stereocenters. The first-order valence-corrected chi connectivity index (χ1v) is 6.76. The summed E-state index contributed by atoms with van der Waals surface area (Å²) in [6.07, 6.45) is 3.83. The molecule has 1 heteroatoms. The quantitative estimate of drug-likeness (QED) is 0.837. The molecule has 18 heavy (non-hydrogen) atoms. The molecule has 0 radical (unpaired) electrons. The first-order chi connectivity index (χ1) is 8.83. The number of anilines is 1. The van der Waals surface area contributed by atoms with Crippen LogP contribution in [0.25, 0.3) is 0 Å². The topological polar surface area (TPSA) is 12.0 Å². The predicted octanol–water partition coefficient (Wildman–Crippen LogP) is 4.35. The van der Waals surface area contributed by atoms with Gasteiger partial charge in [0.05, 0.1) is 0 Å². The van der Waals surface area contributed by atoms with Crippen molar-refractivity contribution in [3.8, 4) is 0 Å². The molecule has 0 saturated carbocycles. The second-order valence-electron chi connectivity index (χ2n) is 5.11. The van der Waals surface area contributed by atoms with Gasteiger partial charge in [0.25, 0.3) is 0 Å². The van der Waals surface area contributed by atoms with Crippen molar-refractivity contribution in [1.82, 2.24) is 0 Å². The molecule has 1 N–H and O–H groups in total. The number of rotatable bonds is 3. The van der Waals surface area contributed by atoms with Gasteiger partial charge in [0, 0.05) is 11.7 Å². The first kappa shape index (κ1) is 11.3. The van der Waals surface area contributed by atoms with Crippen LogP contribution in [-0.2, 0) is 12.8 Å². The summed E-state index contributed by atoms with van der Waals surface area (Å²) < 4.78 is 0. The van der Waals surface area contributed by atoms with Crippen LogP contribution in [0.3, 0.4) is 0 Å². The van der Waals surface area contributed by atoms with Crippen molar-refractivity contribution in [1.29, 1.82) is 0 Å². The Morgan fingerprint density at radius 2 is 1.72 bits per heavy atom. The second kappa shape index (κ2) is 4.85. The van der Waals surface area contributed by atoms with Gasteiger partial charge in [0.1, 0.15) is 0 Å². The number of benzene rings is 2. The Labute approximate surface area is 109 Å². The fourth-order valence-corrected chi connectivity index (χ4v) is 2.73. The summed E-state index contributed by atoms with van der Waals surface area (Å²) in [5.41, 5.74) is 5.67. The highest BCUT2D eigenvalue weighted by atomic mass is 14.9. The Hall–Kier alpha value is -1.76. The van der Waals surface area contributed by atoms with Gasteiger partial charge in [-0.3, -0.25) is 0 Å². The standard InChI is InChI=1S/C17H19N/c1-13(18-17-8-3-2-4-9-17)15-11-10-14-6-5-7-16(14)12-15/h2-4,8-13,18H,5-7H2,1H3. The van der Waals surface area contributed by atoms with E-state index in [1.807, 2.05) is 6.07 Å². The van der Waals surface area contributed by atoms with E-state index in [1.165, 1.54) is 30.5 Å². The minimum Gasteiger partial charge on any atom is -0.379 e. The molecule has 0 amide bonds. The lowest BCUT2D eigenvalue weighted by molar-refractivity contribution is 0.879. The summed E-state index contributed by atoms with van der Waals surface area (Å²) in [5, 5.41) is 3.55. The maximum absolute atomic E-state index is 3.55. The minimum atomic E-state index is 0.360. The number of fused-ring (bicyclic) bond motifs is 1. The van der Waals surface area contributed by atoms with Gasteiger partial charge in [-0.2, -0.15) is 0 Å². The Bertz CT molecular complexity index is 531. The molecule has 0 aliphatic heterocycles. The highest BCUT2D eigenvalue weighted by Crippen LogP contribution is 2.26. The van der Waals surface area contributed by atoms with Crippen molar-refractivity contribution in [2.24, 2.45) is 0 Å². The van der Waals surface area contributed by atoms with E-state index in [4.69, 9.17) is 0 Å². The van der Waals surface area contributed by atoms with Gasteiger partial charge in [-0.15, -0.1) is 0 Å². The number of nitrogens with one attached hydrogen (secondary N) is 1. The van der Waals surface area contributed by atoms with Crippen LogP contribution < -0.4 is 5.32 Å². The van der Waals surface area contributed by atoms with Crippen molar-refractivity contribution in [2.45, 2.75) is 32.2 Å². The summed E-state index contributed by atoms with van der Waals surface area (Å²) in [6.45, 7) is 2.23. The van der Waals surface area contributed by atoms with E-state index >= 15 is 0 Å². The third kappa shape index (κ3) is 2.26. The minimum absolute atomic E-state index is 0.360. The van der Waals surface area contributed by atoms with Crippen LogP contribution in [0.2, 0.25) is 0 Å². The van der Waals surface area contributed by atoms with Crippen LogP contribution in [0, 0.1) is 0 Å². The normalized spacial score (nSPS) is 15.2. The molecule has 2 aromatic carbocycles. The van der Waals surface area contributed by atoms with E-state index in [-0.39, 0.29) is 0 Å². The molecule has 1 aliphatic carbocycles. The van der Waals surface area contributed by atoms with E-state index in [1.54, 1.807) is 11.1 Å². The van der Waals surface area contributed by atoms with Crippen molar-refractivity contribution >= 4 is 5.69 Å². The molecule has 0 aromatic heterocycles. The molecule has 1 nitrogen and oxygen atoms in total. The van der Waals surface area contributed by atoms with Gasteiger partial charge in [0.2, 0.25) is 0 Å². The van der Waals surface area contributed by atoms with Crippen LogP contribution in [0.15, 0.2) is 48.5 Å². The van der Waals surface area contributed by atoms with Crippen LogP contribution in [0.1, 0.15) is 36.1 Å². The highest BCUT2D eigenvalue weighted by Gasteiger charge is 2.13. The third-order valence-electron chi connectivity index (χ3n) is 3.78. The molecule has 2 aromatic rings. The maximum Gasteiger partial charge on any atom is 0.0485 e. The van der Waals surface area contributed by atoms with Gasteiger partial charge >= 0.3 is 0 Å². The van der Waals surface area contributed by atoms with Crippen LogP contribution >= 0.6 is 0 Å². The predicted molar refractivity (Wildman–Crippen MR) is 76.9 cm³/mol. The van der Waals surface area contributed by atoms with E-state index in [0.717, 1.165) is 0 Å². The average Bonchev–Trinajstić information content (AvgIpc) is 2.87. The van der Waals surface area contributed by atoms with Crippen LogP contribution in [0.5, 0.6) is 0 Å². The third-order valence-corrected chi connectivity index (χ3v) is 3.78. The zero-order valence-electron chi connectivity index (χ0n) is 10.8. The highest BCUT2D eigenvalue weighted by molar-refractivity contribution is 5.46. The Morgan fingerprint density at radius 3 is 2.56 bits per heavy atom. The second-order valence-corrected chi connectivity index (χ2v) is 5.11. The Morgan fingerprint density at radius 1 is 0.944 bits per heavy atom. The molecule has 0 bridgehead atoms. The molecular formula is C17H19N. The van der Waals surface area contributed by atoms with Gasteiger partial charge < -0.3 is 5.32 Å². The van der Waals surface area contributed by atoms with Crippen molar-refractivity contribution in [2.75, 3.05) is 5.32 Å².